The van der Waals surface area contributed by atoms with Crippen molar-refractivity contribution in [1.29, 1.82) is 0 Å². The zero-order chi connectivity index (χ0) is 14.8. The molecular weight excluding hydrogens is 291 g/mol. The molecule has 2 aromatic heterocycles. The van der Waals surface area contributed by atoms with E-state index in [-0.39, 0.29) is 31.0 Å². The first-order valence-corrected chi connectivity index (χ1v) is 7.27. The molecule has 2 nitrogen and oxygen atoms in total. The number of pyridine rings is 2. The largest absolute Gasteiger partial charge is 1.00 e. The van der Waals surface area contributed by atoms with Crippen molar-refractivity contribution in [2.75, 3.05) is 0 Å². The molecule has 0 spiro atoms. The summed E-state index contributed by atoms with van der Waals surface area (Å²) >= 11 is 0. The van der Waals surface area contributed by atoms with E-state index in [2.05, 4.69) is 53.5 Å². The molecule has 0 bridgehead atoms. The fraction of sp³-hybridized carbons (Fsp3) is 0. The number of hydrogen-bond donors (Lipinski definition) is 0. The quantitative estimate of drug-likeness (QED) is 0.530. The fourth-order valence-electron chi connectivity index (χ4n) is 2.59. The molecule has 0 N–H and O–H groups in total. The van der Waals surface area contributed by atoms with E-state index in [4.69, 9.17) is 4.98 Å². The summed E-state index contributed by atoms with van der Waals surface area (Å²) in [7, 11) is 0. The molecule has 3 heteroatoms. The molecule has 0 atom stereocenters. The van der Waals surface area contributed by atoms with Gasteiger partial charge in [0.05, 0.1) is 11.2 Å². The maximum absolute atomic E-state index is 4.74. The van der Waals surface area contributed by atoms with E-state index in [1.54, 1.807) is 6.20 Å². The zero-order valence-corrected chi connectivity index (χ0v) is 15.0. The fourth-order valence-corrected chi connectivity index (χ4v) is 2.59. The molecule has 0 saturated carbocycles. The molecule has 2 aromatic carbocycles. The van der Waals surface area contributed by atoms with Gasteiger partial charge >= 0.3 is 29.6 Å². The van der Waals surface area contributed by atoms with Gasteiger partial charge in [0.2, 0.25) is 0 Å². The molecule has 0 aliphatic carbocycles. The summed E-state index contributed by atoms with van der Waals surface area (Å²) in [5.41, 5.74) is 5.43. The molecule has 106 valence electrons. The van der Waals surface area contributed by atoms with E-state index in [9.17, 15) is 0 Å². The summed E-state index contributed by atoms with van der Waals surface area (Å²) in [6, 6.07) is 24.8. The van der Waals surface area contributed by atoms with Crippen LogP contribution in [-0.2, 0) is 0 Å². The number of benzene rings is 2. The normalized spacial score (nSPS) is 10.3. The zero-order valence-electron chi connectivity index (χ0n) is 14.0. The molecule has 0 amide bonds. The molecule has 0 unspecified atom stereocenters. The Labute approximate surface area is 159 Å². The van der Waals surface area contributed by atoms with Crippen LogP contribution < -0.4 is 29.6 Å². The number of rotatable bonds is 2. The summed E-state index contributed by atoms with van der Waals surface area (Å²) in [4.78, 5) is 8.90. The van der Waals surface area contributed by atoms with Gasteiger partial charge in [0, 0.05) is 23.3 Å². The minimum absolute atomic E-state index is 0. The van der Waals surface area contributed by atoms with Gasteiger partial charge < -0.3 is 1.43 Å². The van der Waals surface area contributed by atoms with E-state index in [0.717, 1.165) is 27.9 Å². The second-order valence-electron chi connectivity index (χ2n) is 5.21. The van der Waals surface area contributed by atoms with Crippen molar-refractivity contribution in [2.24, 2.45) is 0 Å². The Bertz CT molecular complexity index is 925. The summed E-state index contributed by atoms with van der Waals surface area (Å²) in [5, 5.41) is 1.17. The monoisotopic (exact) mass is 306 g/mol. The standard InChI is InChI=1S/C20H14N2.Na.H/c1-2-6-19-16(4-1)11-12-20(22-19)17-9-7-15(8-10-17)18-5-3-13-21-14-18;;/h1-14H;;/q;+1;-1. The average molecular weight is 306 g/mol. The molecule has 0 fully saturated rings. The molecule has 0 radical (unpaired) electrons. The third-order valence-corrected chi connectivity index (χ3v) is 3.77. The van der Waals surface area contributed by atoms with Gasteiger partial charge in [-0.15, -0.1) is 0 Å². The molecular formula is C20H15N2Na. The van der Waals surface area contributed by atoms with Gasteiger partial charge in [-0.05, 0) is 29.3 Å². The first-order chi connectivity index (χ1) is 10.9. The molecule has 0 aliphatic heterocycles. The average Bonchev–Trinajstić information content (AvgIpc) is 2.62. The van der Waals surface area contributed by atoms with E-state index < -0.39 is 0 Å². The molecule has 4 aromatic rings. The molecule has 2 heterocycles. The van der Waals surface area contributed by atoms with Crippen LogP contribution in [-0.4, -0.2) is 9.97 Å². The van der Waals surface area contributed by atoms with Crippen LogP contribution in [0.5, 0.6) is 0 Å². The second kappa shape index (κ2) is 7.05. The number of aromatic nitrogens is 2. The Kier molecular flexibility index (Phi) is 4.87. The smallest absolute Gasteiger partial charge is 1.00 e. The van der Waals surface area contributed by atoms with Gasteiger partial charge in [0.1, 0.15) is 0 Å². The second-order valence-corrected chi connectivity index (χ2v) is 5.21. The molecule has 4 rings (SSSR count). The van der Waals surface area contributed by atoms with Crippen LogP contribution in [0.25, 0.3) is 33.3 Å². The van der Waals surface area contributed by atoms with Crippen LogP contribution in [0.2, 0.25) is 0 Å². The number of nitrogens with zero attached hydrogens (tertiary/aromatic N) is 2. The van der Waals surface area contributed by atoms with Gasteiger partial charge in [-0.2, -0.15) is 0 Å². The third kappa shape index (κ3) is 3.35. The van der Waals surface area contributed by atoms with Crippen molar-refractivity contribution >= 4 is 10.9 Å². The van der Waals surface area contributed by atoms with Crippen LogP contribution in [0.3, 0.4) is 0 Å². The minimum Gasteiger partial charge on any atom is -1.00 e. The minimum atomic E-state index is 0. The van der Waals surface area contributed by atoms with Crippen molar-refractivity contribution in [2.45, 2.75) is 0 Å². The molecule has 23 heavy (non-hydrogen) atoms. The Hall–Kier alpha value is -2.00. The SMILES string of the molecule is [H-].[Na+].c1cncc(-c2ccc(-c3ccc4ccccc4n3)cc2)c1. The summed E-state index contributed by atoms with van der Waals surface area (Å²) < 4.78 is 0. The van der Waals surface area contributed by atoms with E-state index in [1.807, 2.05) is 30.5 Å². The third-order valence-electron chi connectivity index (χ3n) is 3.77. The maximum atomic E-state index is 4.74. The van der Waals surface area contributed by atoms with Crippen molar-refractivity contribution in [3.63, 3.8) is 0 Å². The number of para-hydroxylation sites is 1. The Balaban J connectivity index is 0.00000104. The topological polar surface area (TPSA) is 25.8 Å². The van der Waals surface area contributed by atoms with Crippen LogP contribution in [0, 0.1) is 0 Å². The first kappa shape index (κ1) is 15.9. The number of hydrogen-bond acceptors (Lipinski definition) is 2. The number of fused-ring (bicyclic) bond motifs is 1. The Morgan fingerprint density at radius 3 is 2.22 bits per heavy atom. The van der Waals surface area contributed by atoms with Crippen molar-refractivity contribution < 1.29 is 31.0 Å². The Morgan fingerprint density at radius 1 is 0.652 bits per heavy atom. The Morgan fingerprint density at radius 2 is 1.43 bits per heavy atom. The summed E-state index contributed by atoms with van der Waals surface area (Å²) in [6.45, 7) is 0. The first-order valence-electron chi connectivity index (χ1n) is 7.27. The summed E-state index contributed by atoms with van der Waals surface area (Å²) in [5.74, 6) is 0. The van der Waals surface area contributed by atoms with Crippen LogP contribution in [0.1, 0.15) is 1.43 Å². The van der Waals surface area contributed by atoms with Crippen LogP contribution >= 0.6 is 0 Å². The van der Waals surface area contributed by atoms with Gasteiger partial charge in [-0.1, -0.05) is 54.6 Å². The van der Waals surface area contributed by atoms with Crippen LogP contribution in [0.15, 0.2) is 85.2 Å². The molecule has 0 aliphatic rings. The molecule has 0 saturated heterocycles. The van der Waals surface area contributed by atoms with E-state index >= 15 is 0 Å². The maximum Gasteiger partial charge on any atom is 1.00 e. The van der Waals surface area contributed by atoms with Crippen LogP contribution in [0.4, 0.5) is 0 Å². The predicted molar refractivity (Wildman–Crippen MR) is 91.5 cm³/mol. The van der Waals surface area contributed by atoms with Crippen molar-refractivity contribution in [3.8, 4) is 22.4 Å². The van der Waals surface area contributed by atoms with E-state index in [0.29, 0.717) is 0 Å². The van der Waals surface area contributed by atoms with E-state index in [1.165, 1.54) is 5.39 Å². The summed E-state index contributed by atoms with van der Waals surface area (Å²) in [6.07, 6.45) is 3.67. The van der Waals surface area contributed by atoms with Gasteiger partial charge in [-0.25, -0.2) is 4.98 Å². The predicted octanol–water partition coefficient (Wildman–Crippen LogP) is 2.08. The van der Waals surface area contributed by atoms with Crippen molar-refractivity contribution in [1.82, 2.24) is 9.97 Å². The van der Waals surface area contributed by atoms with Gasteiger partial charge in [-0.3, -0.25) is 4.98 Å². The van der Waals surface area contributed by atoms with Crippen molar-refractivity contribution in [3.05, 3.63) is 85.2 Å². The van der Waals surface area contributed by atoms with Gasteiger partial charge in [0.25, 0.3) is 0 Å². The van der Waals surface area contributed by atoms with Gasteiger partial charge in [0.15, 0.2) is 0 Å².